The van der Waals surface area contributed by atoms with Crippen LogP contribution in [-0.2, 0) is 6.42 Å². The lowest BCUT2D eigenvalue weighted by atomic mass is 9.98. The number of rotatable bonds is 2. The molecule has 1 N–H and O–H groups in total. The second-order valence-electron chi connectivity index (χ2n) is 4.92. The fourth-order valence-electron chi connectivity index (χ4n) is 2.49. The number of aliphatic hydroxyl groups is 1. The van der Waals surface area contributed by atoms with Gasteiger partial charge < -0.3 is 9.84 Å². The third-order valence-electron chi connectivity index (χ3n) is 3.44. The van der Waals surface area contributed by atoms with Gasteiger partial charge in [0.15, 0.2) is 0 Å². The Bertz CT molecular complexity index is 609. The highest BCUT2D eigenvalue weighted by Gasteiger charge is 2.21. The lowest BCUT2D eigenvalue weighted by Crippen LogP contribution is -2.05. The Morgan fingerprint density at radius 3 is 2.84 bits per heavy atom. The summed E-state index contributed by atoms with van der Waals surface area (Å²) in [6.45, 7) is 2.01. The molecule has 1 aliphatic heterocycles. The lowest BCUT2D eigenvalue weighted by molar-refractivity contribution is 0.215. The molecule has 2 nitrogen and oxygen atoms in total. The molecule has 3 rings (SSSR count). The SMILES string of the molecule is CC1Cc2cc(C(O)c3ccccc3F)ccc2O1. The van der Waals surface area contributed by atoms with Gasteiger partial charge in [-0.25, -0.2) is 4.39 Å². The van der Waals surface area contributed by atoms with E-state index in [4.69, 9.17) is 4.74 Å². The number of fused-ring (bicyclic) bond motifs is 1. The molecule has 0 radical (unpaired) electrons. The maximum atomic E-state index is 13.7. The van der Waals surface area contributed by atoms with Gasteiger partial charge in [-0.2, -0.15) is 0 Å². The van der Waals surface area contributed by atoms with Crippen LogP contribution in [0.25, 0.3) is 0 Å². The second-order valence-corrected chi connectivity index (χ2v) is 4.92. The minimum absolute atomic E-state index is 0.163. The van der Waals surface area contributed by atoms with E-state index in [-0.39, 0.29) is 11.9 Å². The van der Waals surface area contributed by atoms with Gasteiger partial charge in [0.05, 0.1) is 0 Å². The average molecular weight is 258 g/mol. The summed E-state index contributed by atoms with van der Waals surface area (Å²) in [5.41, 5.74) is 2.07. The number of hydrogen-bond donors (Lipinski definition) is 1. The lowest BCUT2D eigenvalue weighted by Gasteiger charge is -2.13. The molecule has 2 aromatic carbocycles. The minimum Gasteiger partial charge on any atom is -0.490 e. The largest absolute Gasteiger partial charge is 0.490 e. The van der Waals surface area contributed by atoms with E-state index in [9.17, 15) is 9.50 Å². The molecule has 0 saturated carbocycles. The smallest absolute Gasteiger partial charge is 0.129 e. The summed E-state index contributed by atoms with van der Waals surface area (Å²) in [5, 5.41) is 10.3. The highest BCUT2D eigenvalue weighted by molar-refractivity contribution is 5.43. The summed E-state index contributed by atoms with van der Waals surface area (Å²) >= 11 is 0. The van der Waals surface area contributed by atoms with Crippen LogP contribution < -0.4 is 4.74 Å². The maximum absolute atomic E-state index is 13.7. The first-order chi connectivity index (χ1) is 9.15. The van der Waals surface area contributed by atoms with Crippen LogP contribution in [0, 0.1) is 5.82 Å². The molecule has 0 fully saturated rings. The molecule has 1 heterocycles. The van der Waals surface area contributed by atoms with Crippen LogP contribution >= 0.6 is 0 Å². The van der Waals surface area contributed by atoms with Crippen molar-refractivity contribution in [2.45, 2.75) is 25.6 Å². The van der Waals surface area contributed by atoms with Crippen molar-refractivity contribution in [1.29, 1.82) is 0 Å². The minimum atomic E-state index is -0.942. The van der Waals surface area contributed by atoms with Crippen molar-refractivity contribution in [3.63, 3.8) is 0 Å². The molecular weight excluding hydrogens is 243 g/mol. The van der Waals surface area contributed by atoms with Crippen molar-refractivity contribution in [1.82, 2.24) is 0 Å². The first-order valence-electron chi connectivity index (χ1n) is 6.37. The first kappa shape index (κ1) is 12.2. The molecule has 0 aliphatic carbocycles. The molecule has 2 atom stereocenters. The van der Waals surface area contributed by atoms with Gasteiger partial charge in [0.1, 0.15) is 23.8 Å². The molecule has 2 unspecified atom stereocenters. The normalized spacial score (nSPS) is 18.8. The van der Waals surface area contributed by atoms with Crippen LogP contribution in [-0.4, -0.2) is 11.2 Å². The van der Waals surface area contributed by atoms with Gasteiger partial charge in [-0.1, -0.05) is 24.3 Å². The van der Waals surface area contributed by atoms with Crippen molar-refractivity contribution < 1.29 is 14.2 Å². The Hall–Kier alpha value is -1.87. The van der Waals surface area contributed by atoms with Crippen LogP contribution in [0.15, 0.2) is 42.5 Å². The van der Waals surface area contributed by atoms with E-state index in [1.807, 2.05) is 19.1 Å². The van der Waals surface area contributed by atoms with Crippen molar-refractivity contribution >= 4 is 0 Å². The average Bonchev–Trinajstić information content (AvgIpc) is 2.77. The first-order valence-corrected chi connectivity index (χ1v) is 6.37. The molecule has 0 bridgehead atoms. The summed E-state index contributed by atoms with van der Waals surface area (Å²) < 4.78 is 19.3. The number of aliphatic hydroxyl groups excluding tert-OH is 1. The maximum Gasteiger partial charge on any atom is 0.129 e. The number of benzene rings is 2. The zero-order valence-corrected chi connectivity index (χ0v) is 10.6. The van der Waals surface area contributed by atoms with E-state index in [2.05, 4.69) is 0 Å². The van der Waals surface area contributed by atoms with Crippen LogP contribution in [0.3, 0.4) is 0 Å². The standard InChI is InChI=1S/C16H15FO2/c1-10-8-12-9-11(6-7-15(12)19-10)16(18)13-4-2-3-5-14(13)17/h2-7,9-10,16,18H,8H2,1H3. The van der Waals surface area contributed by atoms with Gasteiger partial charge in [-0.15, -0.1) is 0 Å². The molecule has 1 aliphatic rings. The van der Waals surface area contributed by atoms with Gasteiger partial charge >= 0.3 is 0 Å². The Kier molecular flexibility index (Phi) is 2.99. The predicted molar refractivity (Wildman–Crippen MR) is 70.7 cm³/mol. The highest BCUT2D eigenvalue weighted by atomic mass is 19.1. The van der Waals surface area contributed by atoms with Crippen LogP contribution in [0.4, 0.5) is 4.39 Å². The molecule has 19 heavy (non-hydrogen) atoms. The molecule has 0 spiro atoms. The van der Waals surface area contributed by atoms with E-state index in [0.29, 0.717) is 11.1 Å². The Balaban J connectivity index is 1.95. The molecule has 2 aromatic rings. The molecule has 98 valence electrons. The Labute approximate surface area is 111 Å². The van der Waals surface area contributed by atoms with E-state index in [1.54, 1.807) is 24.3 Å². The molecule has 0 saturated heterocycles. The van der Waals surface area contributed by atoms with Crippen molar-refractivity contribution in [3.8, 4) is 5.75 Å². The molecule has 0 amide bonds. The quantitative estimate of drug-likeness (QED) is 0.896. The van der Waals surface area contributed by atoms with Gasteiger partial charge in [0, 0.05) is 12.0 Å². The van der Waals surface area contributed by atoms with E-state index >= 15 is 0 Å². The second kappa shape index (κ2) is 4.67. The van der Waals surface area contributed by atoms with Crippen molar-refractivity contribution in [2.24, 2.45) is 0 Å². The zero-order chi connectivity index (χ0) is 13.4. The monoisotopic (exact) mass is 258 g/mol. The van der Waals surface area contributed by atoms with Gasteiger partial charge in [-0.05, 0) is 36.2 Å². The third-order valence-corrected chi connectivity index (χ3v) is 3.44. The van der Waals surface area contributed by atoms with E-state index in [0.717, 1.165) is 17.7 Å². The Morgan fingerprint density at radius 2 is 2.05 bits per heavy atom. The summed E-state index contributed by atoms with van der Waals surface area (Å²) in [6.07, 6.45) is 0.0472. The van der Waals surface area contributed by atoms with Crippen LogP contribution in [0.2, 0.25) is 0 Å². The summed E-state index contributed by atoms with van der Waals surface area (Å²) in [6, 6.07) is 11.8. The number of halogens is 1. The van der Waals surface area contributed by atoms with E-state index < -0.39 is 6.10 Å². The summed E-state index contributed by atoms with van der Waals surface area (Å²) in [4.78, 5) is 0. The summed E-state index contributed by atoms with van der Waals surface area (Å²) in [7, 11) is 0. The predicted octanol–water partition coefficient (Wildman–Crippen LogP) is 3.23. The highest BCUT2D eigenvalue weighted by Crippen LogP contribution is 2.33. The topological polar surface area (TPSA) is 29.5 Å². The Morgan fingerprint density at radius 1 is 1.26 bits per heavy atom. The van der Waals surface area contributed by atoms with Crippen molar-refractivity contribution in [2.75, 3.05) is 0 Å². The zero-order valence-electron chi connectivity index (χ0n) is 10.6. The van der Waals surface area contributed by atoms with E-state index in [1.165, 1.54) is 6.07 Å². The molecular formula is C16H15FO2. The third kappa shape index (κ3) is 2.22. The molecule has 3 heteroatoms. The fraction of sp³-hybridized carbons (Fsp3) is 0.250. The van der Waals surface area contributed by atoms with Gasteiger partial charge in [0.2, 0.25) is 0 Å². The van der Waals surface area contributed by atoms with Gasteiger partial charge in [-0.3, -0.25) is 0 Å². The van der Waals surface area contributed by atoms with Gasteiger partial charge in [0.25, 0.3) is 0 Å². The van der Waals surface area contributed by atoms with Crippen LogP contribution in [0.5, 0.6) is 5.75 Å². The van der Waals surface area contributed by atoms with Crippen molar-refractivity contribution in [3.05, 3.63) is 65.0 Å². The van der Waals surface area contributed by atoms with Crippen LogP contribution in [0.1, 0.15) is 29.7 Å². The number of hydrogen-bond acceptors (Lipinski definition) is 2. The molecule has 0 aromatic heterocycles. The fourth-order valence-corrected chi connectivity index (χ4v) is 2.49. The number of ether oxygens (including phenoxy) is 1. The summed E-state index contributed by atoms with van der Waals surface area (Å²) in [5.74, 6) is 0.470.